The smallest absolute Gasteiger partial charge is 0.0663 e. The van der Waals surface area contributed by atoms with Crippen LogP contribution in [0.1, 0.15) is 20.3 Å². The van der Waals surface area contributed by atoms with Gasteiger partial charge in [-0.25, -0.2) is 0 Å². The van der Waals surface area contributed by atoms with Gasteiger partial charge >= 0.3 is 0 Å². The van der Waals surface area contributed by atoms with Crippen LogP contribution >= 0.6 is 0 Å². The van der Waals surface area contributed by atoms with E-state index in [-0.39, 0.29) is 0 Å². The molecule has 0 aromatic heterocycles. The highest BCUT2D eigenvalue weighted by Gasteiger charge is 1.56. The van der Waals surface area contributed by atoms with E-state index in [0.717, 1.165) is 0 Å². The molecule has 0 aromatic carbocycles. The Morgan fingerprint density at radius 2 is 2.14 bits per heavy atom. The summed E-state index contributed by atoms with van der Waals surface area (Å²) in [5.41, 5.74) is 0. The van der Waals surface area contributed by atoms with Gasteiger partial charge in [-0.05, 0) is 0 Å². The minimum absolute atomic E-state index is 0.458. The number of rotatable bonds is 1. The van der Waals surface area contributed by atoms with E-state index < -0.39 is 0 Å². The molecule has 0 aliphatic carbocycles. The second-order valence-corrected chi connectivity index (χ2v) is 0.651. The summed E-state index contributed by atoms with van der Waals surface area (Å²) in [7, 11) is 0. The fraction of sp³-hybridized carbons (Fsp3) is 0.500. The fourth-order valence-electron chi connectivity index (χ4n) is 0.0645. The zero-order chi connectivity index (χ0) is 6.12. The summed E-state index contributed by atoms with van der Waals surface area (Å²) in [6, 6.07) is 1.90. The van der Waals surface area contributed by atoms with Crippen LogP contribution in [0.25, 0.3) is 0 Å². The molecule has 0 N–H and O–H groups in total. The Labute approximate surface area is 45.3 Å². The van der Waals surface area contributed by atoms with Gasteiger partial charge in [-0.3, -0.25) is 0 Å². The van der Waals surface area contributed by atoms with E-state index in [1.165, 1.54) is 0 Å². The normalized spacial score (nSPS) is 4.71. The summed E-state index contributed by atoms with van der Waals surface area (Å²) in [6.07, 6.45) is 2.03. The van der Waals surface area contributed by atoms with E-state index in [1.54, 1.807) is 6.08 Å². The summed E-state index contributed by atoms with van der Waals surface area (Å²) in [5.74, 6) is 0. The first kappa shape index (κ1) is 9.52. The lowest BCUT2D eigenvalue weighted by Gasteiger charge is -1.55. The lowest BCUT2D eigenvalue weighted by atomic mass is 10.5. The SMILES string of the molecule is C=CCC#N.CC. The van der Waals surface area contributed by atoms with E-state index in [4.69, 9.17) is 5.26 Å². The molecule has 0 aliphatic rings. The molecule has 0 saturated carbocycles. The van der Waals surface area contributed by atoms with Gasteiger partial charge < -0.3 is 0 Å². The molecule has 0 atom stereocenters. The quantitative estimate of drug-likeness (QED) is 0.460. The largest absolute Gasteiger partial charge is 0.198 e. The molecule has 0 rings (SSSR count). The van der Waals surface area contributed by atoms with Crippen LogP contribution in [0.4, 0.5) is 0 Å². The summed E-state index contributed by atoms with van der Waals surface area (Å²) in [6.45, 7) is 7.33. The third-order valence-electron chi connectivity index (χ3n) is 0.236. The number of nitriles is 1. The summed E-state index contributed by atoms with van der Waals surface area (Å²) in [5, 5.41) is 7.74. The summed E-state index contributed by atoms with van der Waals surface area (Å²) in [4.78, 5) is 0. The van der Waals surface area contributed by atoms with Crippen molar-refractivity contribution in [2.45, 2.75) is 20.3 Å². The second-order valence-electron chi connectivity index (χ2n) is 0.651. The second kappa shape index (κ2) is 18.8. The minimum atomic E-state index is 0.458. The zero-order valence-electron chi connectivity index (χ0n) is 4.94. The maximum atomic E-state index is 7.74. The highest BCUT2D eigenvalue weighted by Crippen LogP contribution is 1.67. The molecule has 0 radical (unpaired) electrons. The van der Waals surface area contributed by atoms with Gasteiger partial charge in [-0.15, -0.1) is 6.58 Å². The van der Waals surface area contributed by atoms with E-state index in [9.17, 15) is 0 Å². The molecule has 1 heteroatoms. The molecule has 0 heterocycles. The highest BCUT2D eigenvalue weighted by atomic mass is 14.2. The van der Waals surface area contributed by atoms with Crippen LogP contribution in [0.2, 0.25) is 0 Å². The molecule has 7 heavy (non-hydrogen) atoms. The summed E-state index contributed by atoms with van der Waals surface area (Å²) >= 11 is 0. The van der Waals surface area contributed by atoms with Crippen molar-refractivity contribution < 1.29 is 0 Å². The van der Waals surface area contributed by atoms with Gasteiger partial charge in [-0.2, -0.15) is 5.26 Å². The minimum Gasteiger partial charge on any atom is -0.198 e. The van der Waals surface area contributed by atoms with Gasteiger partial charge in [0.25, 0.3) is 0 Å². The van der Waals surface area contributed by atoms with E-state index in [1.807, 2.05) is 19.9 Å². The van der Waals surface area contributed by atoms with Gasteiger partial charge in [-0.1, -0.05) is 19.9 Å². The fourth-order valence-corrected chi connectivity index (χ4v) is 0.0645. The van der Waals surface area contributed by atoms with E-state index >= 15 is 0 Å². The Morgan fingerprint density at radius 3 is 2.14 bits per heavy atom. The molecule has 0 aromatic rings. The Kier molecular flexibility index (Phi) is 25.6. The average molecular weight is 97.2 g/mol. The first-order chi connectivity index (χ1) is 3.41. The van der Waals surface area contributed by atoms with Crippen molar-refractivity contribution in [2.75, 3.05) is 0 Å². The number of hydrogen-bond acceptors (Lipinski definition) is 1. The van der Waals surface area contributed by atoms with Crippen LogP contribution in [-0.2, 0) is 0 Å². The van der Waals surface area contributed by atoms with E-state index in [2.05, 4.69) is 6.58 Å². The molecule has 0 saturated heterocycles. The van der Waals surface area contributed by atoms with E-state index in [0.29, 0.717) is 6.42 Å². The molecule has 0 fully saturated rings. The average Bonchev–Trinajstić information content (AvgIpc) is 1.75. The summed E-state index contributed by atoms with van der Waals surface area (Å²) < 4.78 is 0. The van der Waals surface area contributed by atoms with Crippen LogP contribution in [0.3, 0.4) is 0 Å². The van der Waals surface area contributed by atoms with Crippen molar-refractivity contribution in [3.8, 4) is 6.07 Å². The van der Waals surface area contributed by atoms with Crippen LogP contribution in [0.15, 0.2) is 12.7 Å². The first-order valence-corrected chi connectivity index (χ1v) is 2.39. The highest BCUT2D eigenvalue weighted by molar-refractivity contribution is 4.82. The van der Waals surface area contributed by atoms with Crippen molar-refractivity contribution in [1.29, 1.82) is 5.26 Å². The maximum absolute atomic E-state index is 7.74. The predicted molar refractivity (Wildman–Crippen MR) is 31.8 cm³/mol. The molecule has 0 aliphatic heterocycles. The Morgan fingerprint density at radius 1 is 1.71 bits per heavy atom. The Hall–Kier alpha value is -0.770. The van der Waals surface area contributed by atoms with Crippen LogP contribution in [-0.4, -0.2) is 0 Å². The lowest BCUT2D eigenvalue weighted by molar-refractivity contribution is 1.36. The molecular weight excluding hydrogens is 86.1 g/mol. The molecule has 0 bridgehead atoms. The topological polar surface area (TPSA) is 23.8 Å². The molecule has 0 spiro atoms. The Balaban J connectivity index is 0. The van der Waals surface area contributed by atoms with Crippen LogP contribution < -0.4 is 0 Å². The molecule has 40 valence electrons. The molecule has 1 nitrogen and oxygen atoms in total. The number of nitrogens with zero attached hydrogens (tertiary/aromatic N) is 1. The van der Waals surface area contributed by atoms with Gasteiger partial charge in [0.2, 0.25) is 0 Å². The van der Waals surface area contributed by atoms with Crippen LogP contribution in [0, 0.1) is 11.3 Å². The van der Waals surface area contributed by atoms with Crippen molar-refractivity contribution in [3.63, 3.8) is 0 Å². The third kappa shape index (κ3) is 36.1. The third-order valence-corrected chi connectivity index (χ3v) is 0.236. The number of hydrogen-bond donors (Lipinski definition) is 0. The van der Waals surface area contributed by atoms with Crippen molar-refractivity contribution in [2.24, 2.45) is 0 Å². The molecule has 0 amide bonds. The first-order valence-electron chi connectivity index (χ1n) is 2.39. The van der Waals surface area contributed by atoms with Gasteiger partial charge in [0, 0.05) is 0 Å². The van der Waals surface area contributed by atoms with Crippen molar-refractivity contribution >= 4 is 0 Å². The molecular formula is C6H11N. The standard InChI is InChI=1S/C4H5N.C2H6/c1-2-3-4-5;1-2/h2H,1,3H2;1-2H3. The van der Waals surface area contributed by atoms with Gasteiger partial charge in [0.05, 0.1) is 12.5 Å². The van der Waals surface area contributed by atoms with Crippen LogP contribution in [0.5, 0.6) is 0 Å². The predicted octanol–water partition coefficient (Wildman–Crippen LogP) is 2.11. The lowest BCUT2D eigenvalue weighted by Crippen LogP contribution is -1.45. The molecule has 0 unspecified atom stereocenters. The number of allylic oxidation sites excluding steroid dienone is 1. The van der Waals surface area contributed by atoms with Crippen molar-refractivity contribution in [1.82, 2.24) is 0 Å². The van der Waals surface area contributed by atoms with Gasteiger partial charge in [0.1, 0.15) is 0 Å². The zero-order valence-corrected chi connectivity index (χ0v) is 4.94. The van der Waals surface area contributed by atoms with Gasteiger partial charge in [0.15, 0.2) is 0 Å². The van der Waals surface area contributed by atoms with Crippen molar-refractivity contribution in [3.05, 3.63) is 12.7 Å². The maximum Gasteiger partial charge on any atom is 0.0663 e. The Bertz CT molecular complexity index is 59.1. The monoisotopic (exact) mass is 97.1 g/mol.